The number of hydrogen-bond acceptors (Lipinski definition) is 4. The van der Waals surface area contributed by atoms with E-state index in [2.05, 4.69) is 23.9 Å². The molecule has 1 aliphatic rings. The molecular weight excluding hydrogens is 194 g/mol. The molecule has 1 aliphatic heterocycles. The van der Waals surface area contributed by atoms with Crippen LogP contribution in [0.5, 0.6) is 0 Å². The molecule has 0 aliphatic carbocycles. The number of rotatable bonds is 4. The summed E-state index contributed by atoms with van der Waals surface area (Å²) < 4.78 is 9.29. The van der Waals surface area contributed by atoms with Gasteiger partial charge in [-0.05, 0) is 25.3 Å². The molecule has 1 saturated heterocycles. The predicted octanol–water partition coefficient (Wildman–Crippen LogP) is 1.20. The lowest BCUT2D eigenvalue weighted by Gasteiger charge is -2.25. The molecular formula is C11H23NO3. The maximum Gasteiger partial charge on any atom is 0.292 e. The molecule has 0 bridgehead atoms. The third-order valence-corrected chi connectivity index (χ3v) is 2.52. The normalized spacial score (nSPS) is 21.8. The highest BCUT2D eigenvalue weighted by molar-refractivity contribution is 5.36. The molecule has 0 radical (unpaired) electrons. The largest absolute Gasteiger partial charge is 0.471 e. The molecule has 1 fully saturated rings. The van der Waals surface area contributed by atoms with E-state index in [9.17, 15) is 0 Å². The van der Waals surface area contributed by atoms with Crippen LogP contribution in [-0.2, 0) is 14.3 Å². The van der Waals surface area contributed by atoms with Gasteiger partial charge in [-0.1, -0.05) is 13.8 Å². The Kier molecular flexibility index (Phi) is 8.33. The molecule has 0 aromatic heterocycles. The Morgan fingerprint density at radius 1 is 1.40 bits per heavy atom. The molecule has 90 valence electrons. The topological polar surface area (TPSA) is 47.6 Å². The number of nitrogens with one attached hydrogen (secondary N) is 1. The fourth-order valence-corrected chi connectivity index (χ4v) is 1.89. The van der Waals surface area contributed by atoms with Gasteiger partial charge in [0.05, 0.1) is 13.2 Å². The third-order valence-electron chi connectivity index (χ3n) is 2.52. The molecule has 2 unspecified atom stereocenters. The highest BCUT2D eigenvalue weighted by Crippen LogP contribution is 2.17. The average Bonchev–Trinajstić information content (AvgIpc) is 2.72. The van der Waals surface area contributed by atoms with Crippen LogP contribution >= 0.6 is 0 Å². The maximum atomic E-state index is 8.95. The first-order valence-electron chi connectivity index (χ1n) is 5.40. The Balaban J connectivity index is 0.000000423. The van der Waals surface area contributed by atoms with Crippen LogP contribution in [0.4, 0.5) is 0 Å². The van der Waals surface area contributed by atoms with Crippen molar-refractivity contribution in [3.8, 4) is 0 Å². The van der Waals surface area contributed by atoms with Crippen LogP contribution in [-0.4, -0.2) is 39.4 Å². The summed E-state index contributed by atoms with van der Waals surface area (Å²) in [6, 6.07) is 0.597. The molecule has 0 saturated carbocycles. The number of methoxy groups -OCH3 is 2. The second-order valence-electron chi connectivity index (χ2n) is 3.98. The van der Waals surface area contributed by atoms with Gasteiger partial charge in [0.25, 0.3) is 6.47 Å². The standard InChI is InChI=1S/C9H19NO.C2H4O2/c1-7(2)9(11-3)8-5-4-6-10-8;1-4-2-3/h7-10H,4-6H2,1-3H3;2H,1H3. The van der Waals surface area contributed by atoms with E-state index >= 15 is 0 Å². The van der Waals surface area contributed by atoms with Crippen molar-refractivity contribution in [3.05, 3.63) is 0 Å². The molecule has 0 spiro atoms. The zero-order chi connectivity index (χ0) is 11.7. The van der Waals surface area contributed by atoms with E-state index in [0.717, 1.165) is 6.54 Å². The lowest BCUT2D eigenvalue weighted by Crippen LogP contribution is -2.39. The minimum atomic E-state index is 0.375. The van der Waals surface area contributed by atoms with E-state index in [4.69, 9.17) is 9.53 Å². The van der Waals surface area contributed by atoms with Crippen molar-refractivity contribution in [2.24, 2.45) is 5.92 Å². The van der Waals surface area contributed by atoms with Crippen LogP contribution in [0.3, 0.4) is 0 Å². The molecule has 4 nitrogen and oxygen atoms in total. The van der Waals surface area contributed by atoms with Gasteiger partial charge < -0.3 is 14.8 Å². The zero-order valence-corrected chi connectivity index (χ0v) is 10.2. The third kappa shape index (κ3) is 5.74. The highest BCUT2D eigenvalue weighted by Gasteiger charge is 2.26. The van der Waals surface area contributed by atoms with Crippen molar-refractivity contribution in [2.45, 2.75) is 38.8 Å². The van der Waals surface area contributed by atoms with Gasteiger partial charge in [0, 0.05) is 13.2 Å². The first kappa shape index (κ1) is 14.4. The van der Waals surface area contributed by atoms with Gasteiger partial charge in [-0.25, -0.2) is 0 Å². The van der Waals surface area contributed by atoms with E-state index in [0.29, 0.717) is 24.5 Å². The summed E-state index contributed by atoms with van der Waals surface area (Å²) in [7, 11) is 3.12. The van der Waals surface area contributed by atoms with Crippen LogP contribution in [0.2, 0.25) is 0 Å². The van der Waals surface area contributed by atoms with Crippen LogP contribution in [0.25, 0.3) is 0 Å². The van der Waals surface area contributed by atoms with Gasteiger partial charge in [0.1, 0.15) is 0 Å². The van der Waals surface area contributed by atoms with E-state index in [1.807, 2.05) is 7.11 Å². The summed E-state index contributed by atoms with van der Waals surface area (Å²) in [5.41, 5.74) is 0. The average molecular weight is 217 g/mol. The van der Waals surface area contributed by atoms with E-state index in [1.54, 1.807) is 0 Å². The molecule has 0 aromatic rings. The molecule has 1 heterocycles. The Hall–Kier alpha value is -0.610. The fraction of sp³-hybridized carbons (Fsp3) is 0.909. The Morgan fingerprint density at radius 3 is 2.27 bits per heavy atom. The van der Waals surface area contributed by atoms with E-state index < -0.39 is 0 Å². The fourth-order valence-electron chi connectivity index (χ4n) is 1.89. The number of carbonyl (C=O) groups is 1. The monoisotopic (exact) mass is 217 g/mol. The van der Waals surface area contributed by atoms with Crippen LogP contribution < -0.4 is 5.32 Å². The predicted molar refractivity (Wildman–Crippen MR) is 59.7 cm³/mol. The van der Waals surface area contributed by atoms with Crippen molar-refractivity contribution in [2.75, 3.05) is 20.8 Å². The summed E-state index contributed by atoms with van der Waals surface area (Å²) >= 11 is 0. The Bertz CT molecular complexity index is 156. The van der Waals surface area contributed by atoms with Crippen molar-refractivity contribution >= 4 is 6.47 Å². The maximum absolute atomic E-state index is 8.95. The molecule has 2 atom stereocenters. The molecule has 0 amide bonds. The second kappa shape index (κ2) is 8.68. The van der Waals surface area contributed by atoms with Crippen molar-refractivity contribution in [1.82, 2.24) is 5.32 Å². The molecule has 1 rings (SSSR count). The first-order chi connectivity index (χ1) is 7.17. The summed E-state index contributed by atoms with van der Waals surface area (Å²) in [6.07, 6.45) is 2.98. The first-order valence-corrected chi connectivity index (χ1v) is 5.40. The van der Waals surface area contributed by atoms with Crippen molar-refractivity contribution in [1.29, 1.82) is 0 Å². The van der Waals surface area contributed by atoms with Crippen molar-refractivity contribution in [3.63, 3.8) is 0 Å². The lowest BCUT2D eigenvalue weighted by atomic mass is 9.98. The quantitative estimate of drug-likeness (QED) is 0.719. The van der Waals surface area contributed by atoms with Crippen LogP contribution in [0, 0.1) is 5.92 Å². The number of carbonyl (C=O) groups excluding carboxylic acids is 1. The summed E-state index contributed by atoms with van der Waals surface area (Å²) in [4.78, 5) is 8.95. The highest BCUT2D eigenvalue weighted by atomic mass is 16.5. The smallest absolute Gasteiger partial charge is 0.292 e. The van der Waals surface area contributed by atoms with E-state index in [1.165, 1.54) is 20.0 Å². The lowest BCUT2D eigenvalue weighted by molar-refractivity contribution is -0.126. The van der Waals surface area contributed by atoms with Gasteiger partial charge in [-0.2, -0.15) is 0 Å². The molecule has 1 N–H and O–H groups in total. The molecule has 4 heteroatoms. The number of hydrogen-bond donors (Lipinski definition) is 1. The molecule has 15 heavy (non-hydrogen) atoms. The summed E-state index contributed by atoms with van der Waals surface area (Å²) in [6.45, 7) is 5.97. The SMILES string of the molecule is COC(C(C)C)C1CCCN1.COC=O. The second-order valence-corrected chi connectivity index (χ2v) is 3.98. The van der Waals surface area contributed by atoms with Gasteiger partial charge in [0.2, 0.25) is 0 Å². The Labute approximate surface area is 92.3 Å². The Morgan fingerprint density at radius 2 is 2.00 bits per heavy atom. The van der Waals surface area contributed by atoms with Crippen LogP contribution in [0.15, 0.2) is 0 Å². The van der Waals surface area contributed by atoms with Gasteiger partial charge in [-0.3, -0.25) is 4.79 Å². The van der Waals surface area contributed by atoms with E-state index in [-0.39, 0.29) is 0 Å². The molecule has 0 aromatic carbocycles. The van der Waals surface area contributed by atoms with Gasteiger partial charge in [-0.15, -0.1) is 0 Å². The van der Waals surface area contributed by atoms with Gasteiger partial charge >= 0.3 is 0 Å². The zero-order valence-electron chi connectivity index (χ0n) is 10.2. The summed E-state index contributed by atoms with van der Waals surface area (Å²) in [5.74, 6) is 0.621. The van der Waals surface area contributed by atoms with Crippen molar-refractivity contribution < 1.29 is 14.3 Å². The minimum Gasteiger partial charge on any atom is -0.471 e. The minimum absolute atomic E-state index is 0.375. The number of ether oxygens (including phenoxy) is 2. The summed E-state index contributed by atoms with van der Waals surface area (Å²) in [5, 5.41) is 3.46. The van der Waals surface area contributed by atoms with Crippen LogP contribution in [0.1, 0.15) is 26.7 Å². The van der Waals surface area contributed by atoms with Gasteiger partial charge in [0.15, 0.2) is 0 Å².